The van der Waals surface area contributed by atoms with Gasteiger partial charge in [-0.2, -0.15) is 0 Å². The number of hydrogen-bond donors (Lipinski definition) is 0. The van der Waals surface area contributed by atoms with Crippen molar-refractivity contribution < 1.29 is 9.13 Å². The SMILES string of the molecule is CC(C)(C)OCCN(CCc1ccccn1)Cc1ccc(F)cc1. The second kappa shape index (κ2) is 8.90. The molecule has 130 valence electrons. The summed E-state index contributed by atoms with van der Waals surface area (Å²) in [7, 11) is 0. The molecule has 0 unspecified atom stereocenters. The maximum absolute atomic E-state index is 13.1. The van der Waals surface area contributed by atoms with E-state index in [4.69, 9.17) is 4.74 Å². The fraction of sp³-hybridized carbons (Fsp3) is 0.450. The first-order valence-corrected chi connectivity index (χ1v) is 8.43. The number of pyridine rings is 1. The van der Waals surface area contributed by atoms with Crippen LogP contribution >= 0.6 is 0 Å². The van der Waals surface area contributed by atoms with Crippen LogP contribution < -0.4 is 0 Å². The van der Waals surface area contributed by atoms with E-state index in [1.54, 1.807) is 0 Å². The lowest BCUT2D eigenvalue weighted by Crippen LogP contribution is -2.32. The summed E-state index contributed by atoms with van der Waals surface area (Å²) >= 11 is 0. The third-order valence-corrected chi connectivity index (χ3v) is 3.67. The second-order valence-corrected chi connectivity index (χ2v) is 6.93. The molecule has 0 bridgehead atoms. The first-order valence-electron chi connectivity index (χ1n) is 8.43. The largest absolute Gasteiger partial charge is 0.375 e. The Hall–Kier alpha value is -1.78. The maximum Gasteiger partial charge on any atom is 0.123 e. The van der Waals surface area contributed by atoms with E-state index in [9.17, 15) is 4.39 Å². The van der Waals surface area contributed by atoms with Gasteiger partial charge in [-0.1, -0.05) is 18.2 Å². The van der Waals surface area contributed by atoms with Gasteiger partial charge in [0.2, 0.25) is 0 Å². The summed E-state index contributed by atoms with van der Waals surface area (Å²) in [5, 5.41) is 0. The third-order valence-electron chi connectivity index (χ3n) is 3.67. The molecule has 0 N–H and O–H groups in total. The molecule has 3 nitrogen and oxygen atoms in total. The lowest BCUT2D eigenvalue weighted by molar-refractivity contribution is -0.0138. The van der Waals surface area contributed by atoms with Crippen molar-refractivity contribution in [1.29, 1.82) is 0 Å². The zero-order valence-electron chi connectivity index (χ0n) is 14.8. The molecule has 0 fully saturated rings. The Labute approximate surface area is 144 Å². The van der Waals surface area contributed by atoms with E-state index in [2.05, 4.69) is 30.7 Å². The Morgan fingerprint density at radius 2 is 1.79 bits per heavy atom. The van der Waals surface area contributed by atoms with E-state index in [1.807, 2.05) is 36.5 Å². The minimum Gasteiger partial charge on any atom is -0.375 e. The Kier molecular flexibility index (Phi) is 6.88. The smallest absolute Gasteiger partial charge is 0.123 e. The van der Waals surface area contributed by atoms with Crippen LogP contribution in [0.4, 0.5) is 4.39 Å². The van der Waals surface area contributed by atoms with Crippen LogP contribution in [0.2, 0.25) is 0 Å². The fourth-order valence-corrected chi connectivity index (χ4v) is 2.42. The lowest BCUT2D eigenvalue weighted by atomic mass is 10.2. The molecular weight excluding hydrogens is 303 g/mol. The number of rotatable bonds is 8. The number of benzene rings is 1. The van der Waals surface area contributed by atoms with Gasteiger partial charge in [-0.25, -0.2) is 4.39 Å². The van der Waals surface area contributed by atoms with Gasteiger partial charge in [-0.15, -0.1) is 0 Å². The van der Waals surface area contributed by atoms with Crippen LogP contribution in [0.25, 0.3) is 0 Å². The van der Waals surface area contributed by atoms with Gasteiger partial charge in [-0.3, -0.25) is 9.88 Å². The number of ether oxygens (including phenoxy) is 1. The predicted molar refractivity (Wildman–Crippen MR) is 95.3 cm³/mol. The Morgan fingerprint density at radius 1 is 1.04 bits per heavy atom. The molecule has 0 spiro atoms. The van der Waals surface area contributed by atoms with E-state index in [-0.39, 0.29) is 11.4 Å². The van der Waals surface area contributed by atoms with Gasteiger partial charge in [0.25, 0.3) is 0 Å². The summed E-state index contributed by atoms with van der Waals surface area (Å²) in [6.07, 6.45) is 2.71. The molecule has 1 aromatic carbocycles. The molecule has 0 atom stereocenters. The number of nitrogens with zero attached hydrogens (tertiary/aromatic N) is 2. The highest BCUT2D eigenvalue weighted by molar-refractivity contribution is 5.16. The van der Waals surface area contributed by atoms with Gasteiger partial charge >= 0.3 is 0 Å². The van der Waals surface area contributed by atoms with E-state index >= 15 is 0 Å². The van der Waals surface area contributed by atoms with Gasteiger partial charge in [0.1, 0.15) is 5.82 Å². The van der Waals surface area contributed by atoms with Crippen molar-refractivity contribution in [2.75, 3.05) is 19.7 Å². The molecule has 0 aliphatic carbocycles. The van der Waals surface area contributed by atoms with Crippen molar-refractivity contribution in [3.8, 4) is 0 Å². The van der Waals surface area contributed by atoms with Gasteiger partial charge in [-0.05, 0) is 50.6 Å². The van der Waals surface area contributed by atoms with Crippen LogP contribution in [0.5, 0.6) is 0 Å². The molecule has 0 saturated carbocycles. The maximum atomic E-state index is 13.1. The predicted octanol–water partition coefficient (Wildman–Crippen LogP) is 4.08. The van der Waals surface area contributed by atoms with E-state index in [0.29, 0.717) is 6.61 Å². The van der Waals surface area contributed by atoms with Crippen LogP contribution in [0.1, 0.15) is 32.0 Å². The average Bonchev–Trinajstić information content (AvgIpc) is 2.54. The molecule has 0 aliphatic heterocycles. The highest BCUT2D eigenvalue weighted by Gasteiger charge is 2.12. The summed E-state index contributed by atoms with van der Waals surface area (Å²) in [6, 6.07) is 12.7. The summed E-state index contributed by atoms with van der Waals surface area (Å²) in [5.41, 5.74) is 2.05. The Balaban J connectivity index is 1.93. The van der Waals surface area contributed by atoms with Crippen molar-refractivity contribution >= 4 is 0 Å². The van der Waals surface area contributed by atoms with Gasteiger partial charge in [0.15, 0.2) is 0 Å². The summed E-state index contributed by atoms with van der Waals surface area (Å²) in [4.78, 5) is 6.71. The van der Waals surface area contributed by atoms with Crippen LogP contribution in [0.15, 0.2) is 48.7 Å². The number of halogens is 1. The van der Waals surface area contributed by atoms with E-state index < -0.39 is 0 Å². The Bertz CT molecular complexity index is 593. The zero-order valence-corrected chi connectivity index (χ0v) is 14.8. The van der Waals surface area contributed by atoms with Crippen molar-refractivity contribution in [1.82, 2.24) is 9.88 Å². The minimum atomic E-state index is -0.199. The normalized spacial score (nSPS) is 11.9. The number of aromatic nitrogens is 1. The van der Waals surface area contributed by atoms with Crippen molar-refractivity contribution in [3.05, 3.63) is 65.7 Å². The van der Waals surface area contributed by atoms with Crippen molar-refractivity contribution in [3.63, 3.8) is 0 Å². The topological polar surface area (TPSA) is 25.4 Å². The molecule has 24 heavy (non-hydrogen) atoms. The van der Waals surface area contributed by atoms with Gasteiger partial charge < -0.3 is 4.74 Å². The molecule has 2 rings (SSSR count). The van der Waals surface area contributed by atoms with Gasteiger partial charge in [0.05, 0.1) is 12.2 Å². The third kappa shape index (κ3) is 7.20. The van der Waals surface area contributed by atoms with Gasteiger partial charge in [0, 0.05) is 37.9 Å². The molecule has 2 aromatic rings. The summed E-state index contributed by atoms with van der Waals surface area (Å²) in [5.74, 6) is -0.199. The Morgan fingerprint density at radius 3 is 2.42 bits per heavy atom. The van der Waals surface area contributed by atoms with E-state index in [0.717, 1.165) is 37.3 Å². The first-order chi connectivity index (χ1) is 11.4. The second-order valence-electron chi connectivity index (χ2n) is 6.93. The molecule has 0 aliphatic rings. The van der Waals surface area contributed by atoms with Crippen LogP contribution in [-0.2, 0) is 17.7 Å². The highest BCUT2D eigenvalue weighted by Crippen LogP contribution is 2.10. The van der Waals surface area contributed by atoms with Crippen LogP contribution in [0.3, 0.4) is 0 Å². The molecule has 4 heteroatoms. The molecule has 0 saturated heterocycles. The molecular formula is C20H27FN2O. The van der Waals surface area contributed by atoms with E-state index in [1.165, 1.54) is 12.1 Å². The minimum absolute atomic E-state index is 0.136. The standard InChI is InChI=1S/C20H27FN2O/c1-20(2,3)24-15-14-23(13-11-19-6-4-5-12-22-19)16-17-7-9-18(21)10-8-17/h4-10,12H,11,13-16H2,1-3H3. The molecule has 1 heterocycles. The van der Waals surface area contributed by atoms with Crippen molar-refractivity contribution in [2.24, 2.45) is 0 Å². The van der Waals surface area contributed by atoms with Crippen LogP contribution in [-0.4, -0.2) is 35.2 Å². The highest BCUT2D eigenvalue weighted by atomic mass is 19.1. The van der Waals surface area contributed by atoms with Crippen LogP contribution in [0, 0.1) is 5.82 Å². The van der Waals surface area contributed by atoms with Crippen molar-refractivity contribution in [2.45, 2.75) is 39.3 Å². The first kappa shape index (κ1) is 18.6. The molecule has 1 aromatic heterocycles. The monoisotopic (exact) mass is 330 g/mol. The fourth-order valence-electron chi connectivity index (χ4n) is 2.42. The summed E-state index contributed by atoms with van der Waals surface area (Å²) < 4.78 is 18.9. The average molecular weight is 330 g/mol. The summed E-state index contributed by atoms with van der Waals surface area (Å²) in [6.45, 7) is 9.36. The molecule has 0 amide bonds. The zero-order chi connectivity index (χ0) is 17.4. The quantitative estimate of drug-likeness (QED) is 0.729. The molecule has 0 radical (unpaired) electrons. The number of hydrogen-bond acceptors (Lipinski definition) is 3. The lowest BCUT2D eigenvalue weighted by Gasteiger charge is -2.25.